The number of hydrogen-bond acceptors (Lipinski definition) is 1. The molecular formula is C8H17N2+. The maximum Gasteiger partial charge on any atom is 0.242 e. The smallest absolute Gasteiger partial charge is 0.242 e. The fraction of sp³-hybridized carbons (Fsp3) is 0.875. The first-order chi connectivity index (χ1) is 4.52. The molecule has 0 saturated carbocycles. The molecule has 0 aliphatic carbocycles. The van der Waals surface area contributed by atoms with Crippen LogP contribution < -0.4 is 5.32 Å². The van der Waals surface area contributed by atoms with E-state index in [-0.39, 0.29) is 5.54 Å². The predicted octanol–water partition coefficient (Wildman–Crippen LogP) is 0.819. The van der Waals surface area contributed by atoms with Crippen molar-refractivity contribution in [2.24, 2.45) is 0 Å². The molecule has 2 nitrogen and oxygen atoms in total. The molecule has 0 unspecified atom stereocenters. The molecule has 0 amide bonds. The van der Waals surface area contributed by atoms with Gasteiger partial charge in [0.15, 0.2) is 0 Å². The van der Waals surface area contributed by atoms with Gasteiger partial charge in [0.2, 0.25) is 5.84 Å². The van der Waals surface area contributed by atoms with Gasteiger partial charge in [0.25, 0.3) is 0 Å². The molecule has 0 aromatic carbocycles. The third-order valence-corrected chi connectivity index (χ3v) is 1.93. The van der Waals surface area contributed by atoms with E-state index in [2.05, 4.69) is 37.6 Å². The molecule has 0 aromatic rings. The van der Waals surface area contributed by atoms with Gasteiger partial charge in [-0.2, -0.15) is 0 Å². The Morgan fingerprint density at radius 3 is 2.20 bits per heavy atom. The molecule has 0 bridgehead atoms. The molecule has 1 N–H and O–H groups in total. The summed E-state index contributed by atoms with van der Waals surface area (Å²) >= 11 is 0. The quantitative estimate of drug-likeness (QED) is 0.494. The summed E-state index contributed by atoms with van der Waals surface area (Å²) in [4.78, 5) is 0. The zero-order valence-electron chi connectivity index (χ0n) is 7.36. The Morgan fingerprint density at radius 1 is 1.40 bits per heavy atom. The van der Waals surface area contributed by atoms with Crippen molar-refractivity contribution in [3.63, 3.8) is 0 Å². The lowest BCUT2D eigenvalue weighted by molar-refractivity contribution is -0.588. The monoisotopic (exact) mass is 141 g/mol. The van der Waals surface area contributed by atoms with Gasteiger partial charge in [0.1, 0.15) is 13.1 Å². The van der Waals surface area contributed by atoms with Crippen LogP contribution in [0.3, 0.4) is 0 Å². The maximum atomic E-state index is 3.32. The molecule has 2 heteroatoms. The number of hydrogen-bond donors (Lipinski definition) is 1. The highest BCUT2D eigenvalue weighted by Gasteiger charge is 2.26. The average molecular weight is 141 g/mol. The van der Waals surface area contributed by atoms with Gasteiger partial charge >= 0.3 is 0 Å². The number of amidine groups is 1. The molecule has 1 aliphatic rings. The number of nitrogens with one attached hydrogen (secondary N) is 1. The Kier molecular flexibility index (Phi) is 1.71. The highest BCUT2D eigenvalue weighted by molar-refractivity contribution is 5.75. The zero-order chi connectivity index (χ0) is 7.78. The van der Waals surface area contributed by atoms with E-state index >= 15 is 0 Å². The van der Waals surface area contributed by atoms with Gasteiger partial charge in [-0.25, -0.2) is 0 Å². The lowest BCUT2D eigenvalue weighted by Gasteiger charge is -2.18. The Balaban J connectivity index is 2.81. The normalized spacial score (nSPS) is 19.6. The summed E-state index contributed by atoms with van der Waals surface area (Å²) in [6, 6.07) is 0. The average Bonchev–Trinajstić information content (AvgIpc) is 2.11. The fourth-order valence-electron chi connectivity index (χ4n) is 1.45. The summed E-state index contributed by atoms with van der Waals surface area (Å²) in [5.74, 6) is 1.31. The van der Waals surface area contributed by atoms with Gasteiger partial charge in [-0.15, -0.1) is 0 Å². The van der Waals surface area contributed by atoms with Gasteiger partial charge in [0.05, 0.1) is 5.54 Å². The molecule has 0 radical (unpaired) electrons. The van der Waals surface area contributed by atoms with Crippen molar-refractivity contribution in [1.82, 2.24) is 5.32 Å². The minimum Gasteiger partial charge on any atom is -0.275 e. The second-order valence-electron chi connectivity index (χ2n) is 3.83. The zero-order valence-corrected chi connectivity index (χ0v) is 7.36. The lowest BCUT2D eigenvalue weighted by atomic mass is 10.1. The first-order valence-electron chi connectivity index (χ1n) is 3.87. The van der Waals surface area contributed by atoms with Crippen LogP contribution in [0.5, 0.6) is 0 Å². The van der Waals surface area contributed by atoms with Gasteiger partial charge in [-0.05, 0) is 20.8 Å². The number of rotatable bonds is 0. The van der Waals surface area contributed by atoms with E-state index in [1.165, 1.54) is 5.84 Å². The summed E-state index contributed by atoms with van der Waals surface area (Å²) in [5.41, 5.74) is 0.285. The van der Waals surface area contributed by atoms with Crippen molar-refractivity contribution in [2.75, 3.05) is 13.1 Å². The fourth-order valence-corrected chi connectivity index (χ4v) is 1.45. The molecule has 58 valence electrons. The van der Waals surface area contributed by atoms with Crippen LogP contribution in [0.1, 0.15) is 27.7 Å². The first-order valence-corrected chi connectivity index (χ1v) is 3.87. The third-order valence-electron chi connectivity index (χ3n) is 1.93. The molecule has 0 aromatic heterocycles. The molecule has 1 rings (SSSR count). The van der Waals surface area contributed by atoms with Crippen molar-refractivity contribution in [2.45, 2.75) is 33.2 Å². The van der Waals surface area contributed by atoms with Crippen LogP contribution in [0.2, 0.25) is 0 Å². The highest BCUT2D eigenvalue weighted by Crippen LogP contribution is 2.08. The van der Waals surface area contributed by atoms with Gasteiger partial charge in [-0.1, -0.05) is 0 Å². The van der Waals surface area contributed by atoms with Crippen LogP contribution in [0.4, 0.5) is 0 Å². The highest BCUT2D eigenvalue weighted by atomic mass is 15.2. The largest absolute Gasteiger partial charge is 0.275 e. The van der Waals surface area contributed by atoms with E-state index in [1.54, 1.807) is 0 Å². The molecular weight excluding hydrogens is 124 g/mol. The molecule has 0 atom stereocenters. The van der Waals surface area contributed by atoms with Crippen molar-refractivity contribution in [1.29, 1.82) is 0 Å². The van der Waals surface area contributed by atoms with Crippen LogP contribution in [0.25, 0.3) is 0 Å². The predicted molar refractivity (Wildman–Crippen MR) is 43.6 cm³/mol. The Labute approximate surface area is 62.9 Å². The van der Waals surface area contributed by atoms with E-state index < -0.39 is 0 Å². The van der Waals surface area contributed by atoms with E-state index in [0.717, 1.165) is 13.1 Å². The molecule has 1 aliphatic heterocycles. The van der Waals surface area contributed by atoms with Gasteiger partial charge < -0.3 is 0 Å². The van der Waals surface area contributed by atoms with Crippen molar-refractivity contribution >= 4 is 5.84 Å². The Bertz CT molecular complexity index is 163. The van der Waals surface area contributed by atoms with E-state index in [1.807, 2.05) is 0 Å². The molecule has 0 saturated heterocycles. The minimum absolute atomic E-state index is 0.285. The van der Waals surface area contributed by atoms with Crippen molar-refractivity contribution in [3.8, 4) is 0 Å². The molecule has 0 fully saturated rings. The first kappa shape index (κ1) is 7.58. The van der Waals surface area contributed by atoms with E-state index in [4.69, 9.17) is 0 Å². The second kappa shape index (κ2) is 2.26. The third kappa shape index (κ3) is 1.31. The topological polar surface area (TPSA) is 15.0 Å². The Morgan fingerprint density at radius 2 is 2.00 bits per heavy atom. The van der Waals surface area contributed by atoms with Crippen LogP contribution in [-0.2, 0) is 0 Å². The Hall–Kier alpha value is -0.530. The second-order valence-corrected chi connectivity index (χ2v) is 3.83. The summed E-state index contributed by atoms with van der Waals surface area (Å²) in [5, 5.41) is 3.32. The maximum absolute atomic E-state index is 3.32. The minimum atomic E-state index is 0.285. The standard InChI is InChI=1S/C8H16N2/c1-7-9-5-6-10(7)8(2,3)4/h5-6H2,1-4H3/p+1. The lowest BCUT2D eigenvalue weighted by Crippen LogP contribution is -2.35. The van der Waals surface area contributed by atoms with Crippen LogP contribution >= 0.6 is 0 Å². The SMILES string of the molecule is CC1=[N+](C(C)(C)C)CCN1. The summed E-state index contributed by atoms with van der Waals surface area (Å²) in [7, 11) is 0. The summed E-state index contributed by atoms with van der Waals surface area (Å²) in [6.45, 7) is 11.1. The van der Waals surface area contributed by atoms with Gasteiger partial charge in [-0.3, -0.25) is 9.89 Å². The van der Waals surface area contributed by atoms with Gasteiger partial charge in [0, 0.05) is 6.92 Å². The van der Waals surface area contributed by atoms with Crippen molar-refractivity contribution < 1.29 is 4.58 Å². The summed E-state index contributed by atoms with van der Waals surface area (Å²) < 4.78 is 2.40. The van der Waals surface area contributed by atoms with E-state index in [0.29, 0.717) is 0 Å². The van der Waals surface area contributed by atoms with Crippen LogP contribution in [0.15, 0.2) is 0 Å². The molecule has 0 spiro atoms. The van der Waals surface area contributed by atoms with Crippen LogP contribution in [-0.4, -0.2) is 29.0 Å². The molecule has 10 heavy (non-hydrogen) atoms. The molecule has 1 heterocycles. The van der Waals surface area contributed by atoms with Crippen LogP contribution in [0, 0.1) is 0 Å². The summed E-state index contributed by atoms with van der Waals surface area (Å²) in [6.07, 6.45) is 0. The van der Waals surface area contributed by atoms with E-state index in [9.17, 15) is 0 Å². The number of nitrogens with zero attached hydrogens (tertiary/aromatic N) is 1. The van der Waals surface area contributed by atoms with Crippen molar-refractivity contribution in [3.05, 3.63) is 0 Å².